The molecule has 0 saturated heterocycles. The second-order valence-electron chi connectivity index (χ2n) is 2.06. The van der Waals surface area contributed by atoms with E-state index in [0.29, 0.717) is 6.29 Å². The number of aldehydes is 1. The number of carbonyl (C=O) groups is 2. The Kier molecular flexibility index (Phi) is 2.87. The third-order valence-electron chi connectivity index (χ3n) is 1.22. The monoisotopic (exact) mass is 178 g/mol. The predicted molar refractivity (Wildman–Crippen MR) is 43.0 cm³/mol. The number of esters is 1. The quantitative estimate of drug-likeness (QED) is 0.359. The summed E-state index contributed by atoms with van der Waals surface area (Å²) in [5, 5.41) is 0. The lowest BCUT2D eigenvalue weighted by Crippen LogP contribution is -1.94. The fraction of sp³-hybridized carbons (Fsp3) is 0.111. The highest BCUT2D eigenvalue weighted by molar-refractivity contribution is 5.88. The summed E-state index contributed by atoms with van der Waals surface area (Å²) >= 11 is 0. The maximum absolute atomic E-state index is 10.6. The molecular weight excluding hydrogens is 172 g/mol. The minimum atomic E-state index is -0.649. The van der Waals surface area contributed by atoms with Gasteiger partial charge < -0.3 is 9.15 Å². The average Bonchev–Trinajstić information content (AvgIpc) is 2.61. The molecule has 0 bridgehead atoms. The Morgan fingerprint density at radius 2 is 2.38 bits per heavy atom. The third kappa shape index (κ3) is 2.49. The lowest BCUT2D eigenvalue weighted by atomic mass is 10.4. The van der Waals surface area contributed by atoms with Crippen molar-refractivity contribution in [3.8, 4) is 11.8 Å². The zero-order chi connectivity index (χ0) is 9.68. The number of carbonyl (C=O) groups excluding carboxylic acids is 2. The molecule has 1 aromatic heterocycles. The standard InChI is InChI=1S/C9H6O4/c1-12-9(11)5-4-7-2-3-8(6-10)13-7/h2-3,6H,1H3. The van der Waals surface area contributed by atoms with Crippen molar-refractivity contribution in [2.45, 2.75) is 0 Å². The van der Waals surface area contributed by atoms with Crippen molar-refractivity contribution in [3.63, 3.8) is 0 Å². The Balaban J connectivity index is 2.77. The van der Waals surface area contributed by atoms with Crippen LogP contribution in [0.15, 0.2) is 16.5 Å². The SMILES string of the molecule is COC(=O)C#Cc1ccc(C=O)o1. The summed E-state index contributed by atoms with van der Waals surface area (Å²) in [5.74, 6) is 4.35. The molecule has 4 nitrogen and oxygen atoms in total. The van der Waals surface area contributed by atoms with E-state index < -0.39 is 5.97 Å². The van der Waals surface area contributed by atoms with Crippen LogP contribution in [-0.4, -0.2) is 19.4 Å². The van der Waals surface area contributed by atoms with Crippen LogP contribution in [-0.2, 0) is 9.53 Å². The highest BCUT2D eigenvalue weighted by Gasteiger charge is 1.97. The summed E-state index contributed by atoms with van der Waals surface area (Å²) in [6.45, 7) is 0. The molecule has 0 aliphatic carbocycles. The van der Waals surface area contributed by atoms with E-state index >= 15 is 0 Å². The summed E-state index contributed by atoms with van der Waals surface area (Å²) in [6.07, 6.45) is 0.559. The second-order valence-corrected chi connectivity index (χ2v) is 2.06. The maximum atomic E-state index is 10.6. The minimum absolute atomic E-state index is 0.175. The van der Waals surface area contributed by atoms with Gasteiger partial charge in [0.25, 0.3) is 0 Å². The first kappa shape index (κ1) is 9.07. The van der Waals surface area contributed by atoms with Crippen LogP contribution in [0.25, 0.3) is 0 Å². The molecule has 0 aromatic carbocycles. The van der Waals surface area contributed by atoms with Crippen LogP contribution in [0.2, 0.25) is 0 Å². The molecule has 0 amide bonds. The van der Waals surface area contributed by atoms with Gasteiger partial charge in [0, 0.05) is 5.92 Å². The van der Waals surface area contributed by atoms with E-state index in [9.17, 15) is 9.59 Å². The van der Waals surface area contributed by atoms with E-state index in [2.05, 4.69) is 16.6 Å². The molecule has 0 aliphatic rings. The van der Waals surface area contributed by atoms with Crippen LogP contribution in [0.4, 0.5) is 0 Å². The zero-order valence-electron chi connectivity index (χ0n) is 6.87. The molecule has 0 unspecified atom stereocenters. The fourth-order valence-electron chi connectivity index (χ4n) is 0.647. The zero-order valence-corrected chi connectivity index (χ0v) is 6.87. The largest absolute Gasteiger partial charge is 0.459 e. The number of rotatable bonds is 1. The number of ether oxygens (including phenoxy) is 1. The Hall–Kier alpha value is -2.02. The number of hydrogen-bond donors (Lipinski definition) is 0. The topological polar surface area (TPSA) is 56.5 Å². The number of furan rings is 1. The van der Waals surface area contributed by atoms with Gasteiger partial charge >= 0.3 is 5.97 Å². The van der Waals surface area contributed by atoms with E-state index in [1.165, 1.54) is 19.2 Å². The molecular formula is C9H6O4. The van der Waals surface area contributed by atoms with E-state index in [0.717, 1.165) is 0 Å². The van der Waals surface area contributed by atoms with Crippen LogP contribution in [0.5, 0.6) is 0 Å². The minimum Gasteiger partial charge on any atom is -0.459 e. The molecule has 4 heteroatoms. The summed E-state index contributed by atoms with van der Waals surface area (Å²) < 4.78 is 9.16. The molecule has 0 aliphatic heterocycles. The van der Waals surface area contributed by atoms with E-state index in [1.54, 1.807) is 0 Å². The van der Waals surface area contributed by atoms with Gasteiger partial charge in [-0.15, -0.1) is 0 Å². The molecule has 1 rings (SSSR count). The molecule has 0 radical (unpaired) electrons. The Labute approximate surface area is 74.5 Å². The van der Waals surface area contributed by atoms with Crippen LogP contribution >= 0.6 is 0 Å². The van der Waals surface area contributed by atoms with Crippen molar-refractivity contribution in [1.29, 1.82) is 0 Å². The first-order valence-corrected chi connectivity index (χ1v) is 3.41. The van der Waals surface area contributed by atoms with E-state index in [-0.39, 0.29) is 11.5 Å². The average molecular weight is 178 g/mol. The van der Waals surface area contributed by atoms with E-state index in [4.69, 9.17) is 4.42 Å². The molecule has 13 heavy (non-hydrogen) atoms. The normalized spacial score (nSPS) is 8.38. The second kappa shape index (κ2) is 4.12. The molecule has 0 spiro atoms. The van der Waals surface area contributed by atoms with Crippen molar-refractivity contribution >= 4 is 12.3 Å². The van der Waals surface area contributed by atoms with Crippen molar-refractivity contribution in [2.75, 3.05) is 7.11 Å². The molecule has 1 aromatic rings. The molecule has 1 heterocycles. The predicted octanol–water partition coefficient (Wildman–Crippen LogP) is 0.617. The van der Waals surface area contributed by atoms with Crippen LogP contribution in [0.1, 0.15) is 16.3 Å². The number of methoxy groups -OCH3 is 1. The van der Waals surface area contributed by atoms with Gasteiger partial charge in [-0.3, -0.25) is 4.79 Å². The first-order chi connectivity index (χ1) is 6.26. The highest BCUT2D eigenvalue weighted by Crippen LogP contribution is 2.02. The lowest BCUT2D eigenvalue weighted by Gasteiger charge is -1.83. The molecule has 0 N–H and O–H groups in total. The molecule has 0 fully saturated rings. The lowest BCUT2D eigenvalue weighted by molar-refractivity contribution is -0.133. The molecule has 0 saturated carbocycles. The Morgan fingerprint density at radius 1 is 1.62 bits per heavy atom. The van der Waals surface area contributed by atoms with Crippen molar-refractivity contribution in [3.05, 3.63) is 23.7 Å². The third-order valence-corrected chi connectivity index (χ3v) is 1.22. The molecule has 66 valence electrons. The van der Waals surface area contributed by atoms with Gasteiger partial charge in [0.2, 0.25) is 0 Å². The van der Waals surface area contributed by atoms with Crippen molar-refractivity contribution in [2.24, 2.45) is 0 Å². The summed E-state index contributed by atoms with van der Waals surface area (Å²) in [5.41, 5.74) is 0. The van der Waals surface area contributed by atoms with Crippen LogP contribution in [0, 0.1) is 11.8 Å². The van der Waals surface area contributed by atoms with Crippen molar-refractivity contribution < 1.29 is 18.7 Å². The van der Waals surface area contributed by atoms with Crippen molar-refractivity contribution in [1.82, 2.24) is 0 Å². The van der Waals surface area contributed by atoms with Gasteiger partial charge in [-0.05, 0) is 18.1 Å². The smallest absolute Gasteiger partial charge is 0.384 e. The van der Waals surface area contributed by atoms with Gasteiger partial charge in [0.15, 0.2) is 17.8 Å². The van der Waals surface area contributed by atoms with Gasteiger partial charge in [-0.2, -0.15) is 0 Å². The van der Waals surface area contributed by atoms with Gasteiger partial charge in [0.1, 0.15) is 0 Å². The van der Waals surface area contributed by atoms with Crippen LogP contribution < -0.4 is 0 Å². The van der Waals surface area contributed by atoms with Gasteiger partial charge in [-0.25, -0.2) is 4.79 Å². The first-order valence-electron chi connectivity index (χ1n) is 3.41. The summed E-state index contributed by atoms with van der Waals surface area (Å²) in [6, 6.07) is 2.97. The maximum Gasteiger partial charge on any atom is 0.384 e. The Bertz CT molecular complexity index is 378. The Morgan fingerprint density at radius 3 is 2.92 bits per heavy atom. The fourth-order valence-corrected chi connectivity index (χ4v) is 0.647. The van der Waals surface area contributed by atoms with Crippen LogP contribution in [0.3, 0.4) is 0 Å². The molecule has 0 atom stereocenters. The summed E-state index contributed by atoms with van der Waals surface area (Å²) in [4.78, 5) is 20.7. The van der Waals surface area contributed by atoms with Gasteiger partial charge in [-0.1, -0.05) is 0 Å². The number of hydrogen-bond acceptors (Lipinski definition) is 4. The highest BCUT2D eigenvalue weighted by atomic mass is 16.5. The summed E-state index contributed by atoms with van der Waals surface area (Å²) in [7, 11) is 1.23. The van der Waals surface area contributed by atoms with Gasteiger partial charge in [0.05, 0.1) is 7.11 Å². The van der Waals surface area contributed by atoms with E-state index in [1.807, 2.05) is 0 Å².